The Bertz CT molecular complexity index is 601. The first-order chi connectivity index (χ1) is 9.19. The number of carbonyl (C=O) groups is 1. The summed E-state index contributed by atoms with van der Waals surface area (Å²) in [5, 5.41) is 9.35. The van der Waals surface area contributed by atoms with E-state index in [2.05, 4.69) is 4.72 Å². The van der Waals surface area contributed by atoms with Crippen molar-refractivity contribution in [3.05, 3.63) is 23.2 Å². The lowest BCUT2D eigenvalue weighted by atomic mass is 10.1. The molecule has 0 aliphatic carbocycles. The SMILES string of the molecule is CSc1ccc(S(=O)(=O)N[C@@H](C(=O)O)C(C)C)cc1Cl. The fraction of sp³-hybridized carbons (Fsp3) is 0.417. The highest BCUT2D eigenvalue weighted by Gasteiger charge is 2.28. The molecule has 0 heterocycles. The summed E-state index contributed by atoms with van der Waals surface area (Å²) in [5.74, 6) is -1.58. The smallest absolute Gasteiger partial charge is 0.322 e. The van der Waals surface area contributed by atoms with Gasteiger partial charge in [-0.25, -0.2) is 8.42 Å². The molecular weight excluding hydrogens is 322 g/mol. The van der Waals surface area contributed by atoms with Gasteiger partial charge in [0.25, 0.3) is 0 Å². The predicted octanol–water partition coefficient (Wildman–Crippen LogP) is 2.45. The Morgan fingerprint density at radius 1 is 1.40 bits per heavy atom. The highest BCUT2D eigenvalue weighted by Crippen LogP contribution is 2.27. The Morgan fingerprint density at radius 2 is 2.00 bits per heavy atom. The van der Waals surface area contributed by atoms with Crippen LogP contribution in [-0.4, -0.2) is 31.8 Å². The second-order valence-corrected chi connectivity index (χ2v) is 7.45. The number of halogens is 1. The Labute approximate surface area is 127 Å². The first-order valence-electron chi connectivity index (χ1n) is 5.77. The Hall–Kier alpha value is -0.760. The second kappa shape index (κ2) is 6.80. The molecule has 2 N–H and O–H groups in total. The lowest BCUT2D eigenvalue weighted by molar-refractivity contribution is -0.140. The molecule has 0 saturated heterocycles. The van der Waals surface area contributed by atoms with Gasteiger partial charge in [0.15, 0.2) is 0 Å². The molecule has 0 saturated carbocycles. The molecule has 1 rings (SSSR count). The minimum Gasteiger partial charge on any atom is -0.480 e. The molecule has 8 heteroatoms. The molecule has 0 aliphatic heterocycles. The zero-order valence-electron chi connectivity index (χ0n) is 11.3. The van der Waals surface area contributed by atoms with Crippen molar-refractivity contribution in [1.29, 1.82) is 0 Å². The van der Waals surface area contributed by atoms with Gasteiger partial charge in [0.1, 0.15) is 6.04 Å². The van der Waals surface area contributed by atoms with Crippen molar-refractivity contribution < 1.29 is 18.3 Å². The van der Waals surface area contributed by atoms with Gasteiger partial charge in [0.2, 0.25) is 10.0 Å². The van der Waals surface area contributed by atoms with E-state index in [-0.39, 0.29) is 10.8 Å². The fourth-order valence-electron chi connectivity index (χ4n) is 1.52. The van der Waals surface area contributed by atoms with Crippen molar-refractivity contribution in [2.24, 2.45) is 5.92 Å². The molecule has 0 aliphatic rings. The molecule has 1 aromatic rings. The van der Waals surface area contributed by atoms with Crippen LogP contribution in [0, 0.1) is 5.92 Å². The maximum Gasteiger partial charge on any atom is 0.322 e. The van der Waals surface area contributed by atoms with Gasteiger partial charge in [-0.1, -0.05) is 25.4 Å². The number of sulfonamides is 1. The summed E-state index contributed by atoms with van der Waals surface area (Å²) in [5.41, 5.74) is 0. The Morgan fingerprint density at radius 3 is 2.40 bits per heavy atom. The first-order valence-corrected chi connectivity index (χ1v) is 8.86. The molecule has 112 valence electrons. The van der Waals surface area contributed by atoms with Gasteiger partial charge < -0.3 is 5.11 Å². The molecule has 5 nitrogen and oxygen atoms in total. The number of aliphatic carboxylic acids is 1. The minimum atomic E-state index is -3.92. The van der Waals surface area contributed by atoms with Crippen LogP contribution in [0.4, 0.5) is 0 Å². The lowest BCUT2D eigenvalue weighted by Gasteiger charge is -2.18. The van der Waals surface area contributed by atoms with E-state index in [1.807, 2.05) is 6.26 Å². The number of thioether (sulfide) groups is 1. The van der Waals surface area contributed by atoms with E-state index in [0.717, 1.165) is 4.90 Å². The molecule has 0 aromatic heterocycles. The third-order valence-electron chi connectivity index (χ3n) is 2.65. The van der Waals surface area contributed by atoms with E-state index in [1.54, 1.807) is 19.9 Å². The number of rotatable bonds is 6. The van der Waals surface area contributed by atoms with Crippen LogP contribution >= 0.6 is 23.4 Å². The van der Waals surface area contributed by atoms with Crippen molar-refractivity contribution in [2.75, 3.05) is 6.26 Å². The normalized spacial score (nSPS) is 13.4. The summed E-state index contributed by atoms with van der Waals surface area (Å²) >= 11 is 7.36. The number of hydrogen-bond donors (Lipinski definition) is 2. The van der Waals surface area contributed by atoms with Gasteiger partial charge in [0, 0.05) is 4.90 Å². The van der Waals surface area contributed by atoms with Crippen molar-refractivity contribution in [2.45, 2.75) is 29.7 Å². The van der Waals surface area contributed by atoms with Gasteiger partial charge in [-0.05, 0) is 30.4 Å². The van der Waals surface area contributed by atoms with Crippen LogP contribution in [0.2, 0.25) is 5.02 Å². The van der Waals surface area contributed by atoms with Crippen molar-refractivity contribution >= 4 is 39.4 Å². The summed E-state index contributed by atoms with van der Waals surface area (Å²) in [6.07, 6.45) is 1.83. The molecule has 0 spiro atoms. The van der Waals surface area contributed by atoms with E-state index in [4.69, 9.17) is 16.7 Å². The molecule has 1 aromatic carbocycles. The van der Waals surface area contributed by atoms with E-state index in [9.17, 15) is 13.2 Å². The highest BCUT2D eigenvalue weighted by molar-refractivity contribution is 7.98. The summed E-state index contributed by atoms with van der Waals surface area (Å²) in [7, 11) is -3.92. The monoisotopic (exact) mass is 337 g/mol. The molecule has 0 unspecified atom stereocenters. The Kier molecular flexibility index (Phi) is 5.88. The fourth-order valence-corrected chi connectivity index (χ4v) is 3.82. The van der Waals surface area contributed by atoms with Crippen LogP contribution in [0.25, 0.3) is 0 Å². The first kappa shape index (κ1) is 17.3. The van der Waals surface area contributed by atoms with Crippen LogP contribution in [0.15, 0.2) is 28.0 Å². The predicted molar refractivity (Wildman–Crippen MR) is 79.8 cm³/mol. The zero-order chi connectivity index (χ0) is 15.5. The third kappa shape index (κ3) is 4.12. The standard InChI is InChI=1S/C12H16ClNO4S2/c1-7(2)11(12(15)16)14-20(17,18)8-4-5-10(19-3)9(13)6-8/h4-7,11,14H,1-3H3,(H,15,16)/t11-/m1/s1. The Balaban J connectivity index is 3.11. The topological polar surface area (TPSA) is 83.5 Å². The van der Waals surface area contributed by atoms with Crippen molar-refractivity contribution in [3.8, 4) is 0 Å². The molecule has 0 radical (unpaired) electrons. The van der Waals surface area contributed by atoms with Gasteiger partial charge in [-0.3, -0.25) is 4.79 Å². The molecule has 1 atom stereocenters. The van der Waals surface area contributed by atoms with Crippen LogP contribution in [0.3, 0.4) is 0 Å². The van der Waals surface area contributed by atoms with E-state index in [1.165, 1.54) is 23.9 Å². The summed E-state index contributed by atoms with van der Waals surface area (Å²) in [6.45, 7) is 3.26. The van der Waals surface area contributed by atoms with E-state index < -0.39 is 22.0 Å². The number of carboxylic acid groups (broad SMARTS) is 1. The third-order valence-corrected chi connectivity index (χ3v) is 5.31. The molecular formula is C12H16ClNO4S2. The highest BCUT2D eigenvalue weighted by atomic mass is 35.5. The summed E-state index contributed by atoms with van der Waals surface area (Å²) in [6, 6.07) is 3.13. The summed E-state index contributed by atoms with van der Waals surface area (Å²) in [4.78, 5) is 11.8. The lowest BCUT2D eigenvalue weighted by Crippen LogP contribution is -2.44. The van der Waals surface area contributed by atoms with Crippen LogP contribution in [0.5, 0.6) is 0 Å². The maximum atomic E-state index is 12.2. The quantitative estimate of drug-likeness (QED) is 0.779. The number of benzene rings is 1. The maximum absolute atomic E-state index is 12.2. The van der Waals surface area contributed by atoms with Crippen LogP contribution < -0.4 is 4.72 Å². The van der Waals surface area contributed by atoms with Gasteiger partial charge >= 0.3 is 5.97 Å². The average molecular weight is 338 g/mol. The zero-order valence-corrected chi connectivity index (χ0v) is 13.6. The summed E-state index contributed by atoms with van der Waals surface area (Å²) < 4.78 is 26.5. The van der Waals surface area contributed by atoms with E-state index >= 15 is 0 Å². The van der Waals surface area contributed by atoms with Crippen molar-refractivity contribution in [3.63, 3.8) is 0 Å². The van der Waals surface area contributed by atoms with Crippen LogP contribution in [0.1, 0.15) is 13.8 Å². The van der Waals surface area contributed by atoms with Crippen LogP contribution in [-0.2, 0) is 14.8 Å². The average Bonchev–Trinajstić information content (AvgIpc) is 2.35. The second-order valence-electron chi connectivity index (χ2n) is 4.48. The molecule has 0 fully saturated rings. The molecule has 0 bridgehead atoms. The van der Waals surface area contributed by atoms with Gasteiger partial charge in [-0.15, -0.1) is 11.8 Å². The molecule has 0 amide bonds. The number of hydrogen-bond acceptors (Lipinski definition) is 4. The number of nitrogens with one attached hydrogen (secondary N) is 1. The number of carboxylic acids is 1. The van der Waals surface area contributed by atoms with Gasteiger partial charge in [0.05, 0.1) is 9.92 Å². The van der Waals surface area contributed by atoms with Crippen molar-refractivity contribution in [1.82, 2.24) is 4.72 Å². The van der Waals surface area contributed by atoms with Gasteiger partial charge in [-0.2, -0.15) is 4.72 Å². The van der Waals surface area contributed by atoms with E-state index in [0.29, 0.717) is 5.02 Å². The molecule has 20 heavy (non-hydrogen) atoms. The largest absolute Gasteiger partial charge is 0.480 e. The minimum absolute atomic E-state index is 0.0489.